The lowest BCUT2D eigenvalue weighted by atomic mass is 10.1. The van der Waals surface area contributed by atoms with E-state index in [9.17, 15) is 0 Å². The largest absolute Gasteiger partial charge is 0.436 e. The van der Waals surface area contributed by atoms with Crippen LogP contribution in [0.2, 0.25) is 10.0 Å². The van der Waals surface area contributed by atoms with E-state index < -0.39 is 0 Å². The summed E-state index contributed by atoms with van der Waals surface area (Å²) in [6.07, 6.45) is 3.11. The molecule has 0 amide bonds. The van der Waals surface area contributed by atoms with Gasteiger partial charge in [-0.25, -0.2) is 4.98 Å². The maximum Gasteiger partial charge on any atom is 0.222 e. The second-order valence-electron chi connectivity index (χ2n) is 5.98. The van der Waals surface area contributed by atoms with E-state index >= 15 is 0 Å². The van der Waals surface area contributed by atoms with Gasteiger partial charge in [0.1, 0.15) is 5.52 Å². The van der Waals surface area contributed by atoms with Crippen LogP contribution in [0.15, 0.2) is 53.0 Å². The molecule has 2 heterocycles. The van der Waals surface area contributed by atoms with Crippen LogP contribution in [0, 0.1) is 0 Å². The zero-order valence-corrected chi connectivity index (χ0v) is 14.5. The molecule has 0 fully saturated rings. The Hall–Kier alpha value is -1.81. The van der Waals surface area contributed by atoms with Crippen LogP contribution in [0.3, 0.4) is 0 Å². The fourth-order valence-corrected chi connectivity index (χ4v) is 3.36. The summed E-state index contributed by atoms with van der Waals surface area (Å²) in [5.41, 5.74) is 3.97. The highest BCUT2D eigenvalue weighted by molar-refractivity contribution is 6.31. The fourth-order valence-electron chi connectivity index (χ4n) is 2.98. The molecule has 0 unspecified atom stereocenters. The van der Waals surface area contributed by atoms with Crippen LogP contribution in [-0.2, 0) is 6.54 Å². The van der Waals surface area contributed by atoms with Gasteiger partial charge in [0.15, 0.2) is 5.58 Å². The van der Waals surface area contributed by atoms with Gasteiger partial charge in [-0.1, -0.05) is 41.4 Å². The van der Waals surface area contributed by atoms with Gasteiger partial charge in [-0.05, 0) is 42.3 Å². The number of halogens is 2. The molecule has 0 bridgehead atoms. The van der Waals surface area contributed by atoms with Gasteiger partial charge in [0.2, 0.25) is 5.89 Å². The molecule has 24 heavy (non-hydrogen) atoms. The molecule has 3 nitrogen and oxygen atoms in total. The van der Waals surface area contributed by atoms with Crippen LogP contribution in [0.25, 0.3) is 16.7 Å². The zero-order valence-electron chi connectivity index (χ0n) is 13.0. The quantitative estimate of drug-likeness (QED) is 0.625. The lowest BCUT2D eigenvalue weighted by molar-refractivity contribution is 0.292. The second-order valence-corrected chi connectivity index (χ2v) is 6.85. The first-order valence-electron chi connectivity index (χ1n) is 7.90. The molecule has 0 N–H and O–H groups in total. The molecule has 0 atom stereocenters. The lowest BCUT2D eigenvalue weighted by Crippen LogP contribution is -2.28. The third kappa shape index (κ3) is 3.34. The van der Waals surface area contributed by atoms with Crippen LogP contribution < -0.4 is 0 Å². The Labute approximate surface area is 150 Å². The number of nitrogens with zero attached hydrogens (tertiary/aromatic N) is 2. The average molecular weight is 359 g/mol. The van der Waals surface area contributed by atoms with Gasteiger partial charge in [0.05, 0.1) is 0 Å². The topological polar surface area (TPSA) is 29.3 Å². The lowest BCUT2D eigenvalue weighted by Gasteiger charge is -2.25. The molecule has 2 aromatic carbocycles. The van der Waals surface area contributed by atoms with Crippen molar-refractivity contribution in [3.8, 4) is 0 Å². The zero-order chi connectivity index (χ0) is 16.5. The standard InChI is InChI=1S/C19H16Cl2N2O/c20-15-3-1-2-13(10-15)12-23-8-6-14(7-9-23)19-22-17-11-16(21)4-5-18(17)24-19/h1-6,10-11H,7-9,12H2. The van der Waals surface area contributed by atoms with Crippen LogP contribution >= 0.6 is 23.2 Å². The third-order valence-corrected chi connectivity index (χ3v) is 4.68. The Morgan fingerprint density at radius 1 is 1.08 bits per heavy atom. The first-order chi connectivity index (χ1) is 11.7. The van der Waals surface area contributed by atoms with Crippen LogP contribution in [-0.4, -0.2) is 23.0 Å². The van der Waals surface area contributed by atoms with Crippen LogP contribution in [0.4, 0.5) is 0 Å². The van der Waals surface area contributed by atoms with Crippen molar-refractivity contribution in [2.75, 3.05) is 13.1 Å². The van der Waals surface area contributed by atoms with E-state index in [4.69, 9.17) is 27.6 Å². The van der Waals surface area contributed by atoms with Crippen molar-refractivity contribution in [3.63, 3.8) is 0 Å². The minimum absolute atomic E-state index is 0.674. The number of hydrogen-bond donors (Lipinski definition) is 0. The summed E-state index contributed by atoms with van der Waals surface area (Å²) in [4.78, 5) is 6.95. The summed E-state index contributed by atoms with van der Waals surface area (Å²) >= 11 is 12.1. The van der Waals surface area contributed by atoms with Crippen LogP contribution in [0.5, 0.6) is 0 Å². The normalized spacial score (nSPS) is 15.7. The predicted molar refractivity (Wildman–Crippen MR) is 98.3 cm³/mol. The highest BCUT2D eigenvalue weighted by Crippen LogP contribution is 2.27. The molecular formula is C19H16Cl2N2O. The number of aromatic nitrogens is 1. The van der Waals surface area contributed by atoms with Gasteiger partial charge in [0, 0.05) is 35.3 Å². The molecule has 1 aliphatic heterocycles. The van der Waals surface area contributed by atoms with Crippen molar-refractivity contribution in [3.05, 3.63) is 70.0 Å². The summed E-state index contributed by atoms with van der Waals surface area (Å²) in [6, 6.07) is 13.5. The van der Waals surface area contributed by atoms with E-state index in [1.807, 2.05) is 36.4 Å². The van der Waals surface area contributed by atoms with Crippen molar-refractivity contribution in [2.24, 2.45) is 0 Å². The highest BCUT2D eigenvalue weighted by Gasteiger charge is 2.17. The average Bonchev–Trinajstić information content (AvgIpc) is 2.98. The van der Waals surface area contributed by atoms with E-state index in [1.165, 1.54) is 5.56 Å². The van der Waals surface area contributed by atoms with Crippen molar-refractivity contribution < 1.29 is 4.42 Å². The Kier molecular flexibility index (Phi) is 4.31. The third-order valence-electron chi connectivity index (χ3n) is 4.21. The van der Waals surface area contributed by atoms with E-state index in [1.54, 1.807) is 0 Å². The van der Waals surface area contributed by atoms with Gasteiger partial charge in [-0.3, -0.25) is 4.90 Å². The molecule has 0 aliphatic carbocycles. The smallest absolute Gasteiger partial charge is 0.222 e. The van der Waals surface area contributed by atoms with Gasteiger partial charge in [-0.2, -0.15) is 0 Å². The fraction of sp³-hybridized carbons (Fsp3) is 0.211. The van der Waals surface area contributed by atoms with Gasteiger partial charge in [-0.15, -0.1) is 0 Å². The minimum atomic E-state index is 0.674. The Morgan fingerprint density at radius 3 is 2.75 bits per heavy atom. The SMILES string of the molecule is Clc1cccc(CN2CC=C(c3nc4cc(Cl)ccc4o3)CC2)c1. The molecule has 0 spiro atoms. The Bertz CT molecular complexity index is 917. The van der Waals surface area contributed by atoms with Gasteiger partial charge < -0.3 is 4.42 Å². The number of rotatable bonds is 3. The molecule has 0 radical (unpaired) electrons. The van der Waals surface area contributed by atoms with Gasteiger partial charge >= 0.3 is 0 Å². The van der Waals surface area contributed by atoms with E-state index in [2.05, 4.69) is 22.0 Å². The Morgan fingerprint density at radius 2 is 1.96 bits per heavy atom. The summed E-state index contributed by atoms with van der Waals surface area (Å²) in [7, 11) is 0. The molecule has 4 rings (SSSR count). The number of hydrogen-bond acceptors (Lipinski definition) is 3. The molecule has 5 heteroatoms. The molecule has 0 saturated carbocycles. The Balaban J connectivity index is 1.49. The predicted octanol–water partition coefficient (Wildman–Crippen LogP) is 5.42. The summed E-state index contributed by atoms with van der Waals surface area (Å²) in [5, 5.41) is 1.46. The van der Waals surface area contributed by atoms with Crippen molar-refractivity contribution in [1.82, 2.24) is 9.88 Å². The monoisotopic (exact) mass is 358 g/mol. The number of oxazole rings is 1. The molecule has 3 aromatic rings. The van der Waals surface area contributed by atoms with E-state index in [0.29, 0.717) is 10.9 Å². The van der Waals surface area contributed by atoms with Gasteiger partial charge in [0.25, 0.3) is 0 Å². The number of fused-ring (bicyclic) bond motifs is 1. The maximum atomic E-state index is 6.06. The molecule has 122 valence electrons. The summed E-state index contributed by atoms with van der Waals surface area (Å²) < 4.78 is 5.86. The second kappa shape index (κ2) is 6.60. The molecule has 1 aliphatic rings. The summed E-state index contributed by atoms with van der Waals surface area (Å²) in [6.45, 7) is 2.74. The molecule has 1 aromatic heterocycles. The minimum Gasteiger partial charge on any atom is -0.436 e. The highest BCUT2D eigenvalue weighted by atomic mass is 35.5. The van der Waals surface area contributed by atoms with Crippen molar-refractivity contribution >= 4 is 39.9 Å². The van der Waals surface area contributed by atoms with Crippen molar-refractivity contribution in [2.45, 2.75) is 13.0 Å². The summed E-state index contributed by atoms with van der Waals surface area (Å²) in [5.74, 6) is 0.703. The molecule has 0 saturated heterocycles. The van der Waals surface area contributed by atoms with E-state index in [0.717, 1.165) is 47.8 Å². The number of benzene rings is 2. The van der Waals surface area contributed by atoms with E-state index in [-0.39, 0.29) is 0 Å². The van der Waals surface area contributed by atoms with Crippen LogP contribution in [0.1, 0.15) is 17.9 Å². The first kappa shape index (κ1) is 15.7. The maximum absolute atomic E-state index is 6.06. The first-order valence-corrected chi connectivity index (χ1v) is 8.65. The van der Waals surface area contributed by atoms with Crippen molar-refractivity contribution in [1.29, 1.82) is 0 Å². The molecular weight excluding hydrogens is 343 g/mol.